The molecule has 36 heavy (non-hydrogen) atoms. The van der Waals surface area contributed by atoms with Gasteiger partial charge in [0.2, 0.25) is 11.9 Å². The summed E-state index contributed by atoms with van der Waals surface area (Å²) in [4.78, 5) is 27.9. The van der Waals surface area contributed by atoms with Crippen molar-refractivity contribution in [2.75, 3.05) is 37.4 Å². The minimum atomic E-state index is -1.01. The molecule has 1 fully saturated rings. The second-order valence-corrected chi connectivity index (χ2v) is 8.35. The zero-order valence-corrected chi connectivity index (χ0v) is 20.3. The Hall–Kier alpha value is -3.83. The van der Waals surface area contributed by atoms with Gasteiger partial charge in [0.15, 0.2) is 11.6 Å². The zero-order valence-electron chi connectivity index (χ0n) is 20.3. The monoisotopic (exact) mass is 495 g/mol. The molecule has 11 heteroatoms. The number of benzene rings is 2. The minimum absolute atomic E-state index is 0.0759. The van der Waals surface area contributed by atoms with E-state index in [-0.39, 0.29) is 23.7 Å². The van der Waals surface area contributed by atoms with Gasteiger partial charge in [-0.25, -0.2) is 9.18 Å². The highest BCUT2D eigenvalue weighted by Crippen LogP contribution is 2.24. The number of hydrogen-bond donors (Lipinski definition) is 3. The predicted molar refractivity (Wildman–Crippen MR) is 134 cm³/mol. The molecule has 0 spiro atoms. The maximum absolute atomic E-state index is 14.2. The molecule has 2 heterocycles. The van der Waals surface area contributed by atoms with Crippen LogP contribution in [0.2, 0.25) is 0 Å². The summed E-state index contributed by atoms with van der Waals surface area (Å²) in [5, 5.41) is 6.15. The van der Waals surface area contributed by atoms with Gasteiger partial charge in [-0.05, 0) is 43.6 Å². The van der Waals surface area contributed by atoms with Gasteiger partial charge < -0.3 is 25.8 Å². The molecule has 1 saturated heterocycles. The molecule has 0 bridgehead atoms. The van der Waals surface area contributed by atoms with Gasteiger partial charge in [-0.3, -0.25) is 4.90 Å². The number of aromatic nitrogens is 3. The van der Waals surface area contributed by atoms with Crippen LogP contribution in [-0.4, -0.2) is 58.6 Å². The van der Waals surface area contributed by atoms with Crippen LogP contribution in [0.3, 0.4) is 0 Å². The van der Waals surface area contributed by atoms with Crippen molar-refractivity contribution in [2.45, 2.75) is 31.8 Å². The number of rotatable bonds is 10. The topological polar surface area (TPSA) is 128 Å². The molecule has 0 radical (unpaired) electrons. The summed E-state index contributed by atoms with van der Waals surface area (Å²) < 4.78 is 24.6. The van der Waals surface area contributed by atoms with E-state index in [1.807, 2.05) is 6.07 Å². The first-order valence-corrected chi connectivity index (χ1v) is 11.8. The summed E-state index contributed by atoms with van der Waals surface area (Å²) in [5.74, 6) is -0.850. The van der Waals surface area contributed by atoms with E-state index in [0.717, 1.165) is 25.9 Å². The Bertz CT molecular complexity index is 1180. The summed E-state index contributed by atoms with van der Waals surface area (Å²) in [6.45, 7) is 4.76. The quantitative estimate of drug-likeness (QED) is 0.361. The first-order valence-electron chi connectivity index (χ1n) is 11.8. The molecule has 4 N–H and O–H groups in total. The molecule has 190 valence electrons. The number of carbonyl (C=O) groups excluding carboxylic acids is 1. The van der Waals surface area contributed by atoms with E-state index in [2.05, 4.69) is 37.4 Å². The van der Waals surface area contributed by atoms with Crippen molar-refractivity contribution in [3.63, 3.8) is 0 Å². The van der Waals surface area contributed by atoms with Gasteiger partial charge in [0.1, 0.15) is 6.04 Å². The second-order valence-electron chi connectivity index (χ2n) is 8.35. The number of methoxy groups -OCH3 is 1. The van der Waals surface area contributed by atoms with Crippen molar-refractivity contribution in [1.82, 2.24) is 19.9 Å². The fourth-order valence-electron chi connectivity index (χ4n) is 4.11. The third-order valence-electron chi connectivity index (χ3n) is 6.03. The summed E-state index contributed by atoms with van der Waals surface area (Å²) in [6.07, 6.45) is 2.20. The van der Waals surface area contributed by atoms with Gasteiger partial charge in [-0.15, -0.1) is 0 Å². The first kappa shape index (κ1) is 25.3. The highest BCUT2D eigenvalue weighted by molar-refractivity contribution is 5.79. The van der Waals surface area contributed by atoms with E-state index in [9.17, 15) is 9.18 Å². The number of esters is 1. The number of nitrogens with one attached hydrogen (secondary N) is 2. The van der Waals surface area contributed by atoms with Gasteiger partial charge in [-0.2, -0.15) is 15.0 Å². The van der Waals surface area contributed by atoms with Crippen LogP contribution in [0.25, 0.3) is 0 Å². The molecule has 0 aliphatic carbocycles. The van der Waals surface area contributed by atoms with Crippen LogP contribution in [-0.2, 0) is 4.79 Å². The SMILES string of the molecule is CCN1CCCC1CNc1nc(Nc2ccc(OC)c(F)c2)nc(OC(=O)C(N)c2ccccc2)n1. The molecular formula is C25H30FN7O3. The van der Waals surface area contributed by atoms with E-state index in [0.29, 0.717) is 23.8 Å². The van der Waals surface area contributed by atoms with Crippen molar-refractivity contribution in [2.24, 2.45) is 5.73 Å². The van der Waals surface area contributed by atoms with Crippen molar-refractivity contribution in [3.8, 4) is 11.8 Å². The van der Waals surface area contributed by atoms with Crippen LogP contribution in [0.15, 0.2) is 48.5 Å². The van der Waals surface area contributed by atoms with Gasteiger partial charge in [-0.1, -0.05) is 37.3 Å². The lowest BCUT2D eigenvalue weighted by atomic mass is 10.1. The van der Waals surface area contributed by atoms with E-state index in [1.165, 1.54) is 19.2 Å². The molecule has 10 nitrogen and oxygen atoms in total. The Balaban J connectivity index is 1.55. The van der Waals surface area contributed by atoms with Gasteiger partial charge in [0.05, 0.1) is 7.11 Å². The van der Waals surface area contributed by atoms with Crippen LogP contribution < -0.4 is 25.8 Å². The number of nitrogens with zero attached hydrogens (tertiary/aromatic N) is 4. The summed E-state index contributed by atoms with van der Waals surface area (Å²) >= 11 is 0. The van der Waals surface area contributed by atoms with E-state index in [4.69, 9.17) is 15.2 Å². The lowest BCUT2D eigenvalue weighted by molar-refractivity contribution is -0.136. The van der Waals surface area contributed by atoms with Gasteiger partial charge in [0, 0.05) is 24.3 Å². The lowest BCUT2D eigenvalue weighted by Gasteiger charge is -2.23. The largest absolute Gasteiger partial charge is 0.494 e. The fourth-order valence-corrected chi connectivity index (χ4v) is 4.11. The second kappa shape index (κ2) is 11.7. The highest BCUT2D eigenvalue weighted by atomic mass is 19.1. The summed E-state index contributed by atoms with van der Waals surface area (Å²) in [5.41, 5.74) is 7.05. The normalized spacial score (nSPS) is 16.4. The van der Waals surface area contributed by atoms with Crippen LogP contribution in [0.4, 0.5) is 22.0 Å². The maximum atomic E-state index is 14.2. The fraction of sp³-hybridized carbons (Fsp3) is 0.360. The number of likely N-dealkylation sites (N-methyl/N-ethyl adjacent to an activating group) is 1. The first-order chi connectivity index (χ1) is 17.5. The highest BCUT2D eigenvalue weighted by Gasteiger charge is 2.24. The van der Waals surface area contributed by atoms with E-state index in [1.54, 1.807) is 30.3 Å². The number of hydrogen-bond acceptors (Lipinski definition) is 10. The Morgan fingerprint density at radius 1 is 1.19 bits per heavy atom. The summed E-state index contributed by atoms with van der Waals surface area (Å²) in [6, 6.07) is 12.3. The third kappa shape index (κ3) is 6.23. The van der Waals surface area contributed by atoms with Crippen LogP contribution in [0.5, 0.6) is 11.8 Å². The molecule has 1 aromatic heterocycles. The van der Waals surface area contributed by atoms with Crippen LogP contribution in [0.1, 0.15) is 31.4 Å². The average Bonchev–Trinajstić information content (AvgIpc) is 3.35. The molecule has 2 aromatic carbocycles. The number of halogens is 1. The lowest BCUT2D eigenvalue weighted by Crippen LogP contribution is -2.35. The molecule has 2 unspecified atom stereocenters. The van der Waals surface area contributed by atoms with Crippen LogP contribution in [0, 0.1) is 5.82 Å². The molecule has 2 atom stereocenters. The van der Waals surface area contributed by atoms with Gasteiger partial charge >= 0.3 is 12.0 Å². The molecule has 0 saturated carbocycles. The summed E-state index contributed by atoms with van der Waals surface area (Å²) in [7, 11) is 1.39. The third-order valence-corrected chi connectivity index (χ3v) is 6.03. The van der Waals surface area contributed by atoms with Crippen molar-refractivity contribution in [3.05, 3.63) is 59.9 Å². The Morgan fingerprint density at radius 3 is 2.69 bits per heavy atom. The Kier molecular flexibility index (Phi) is 8.24. The number of anilines is 3. The number of carbonyl (C=O) groups is 1. The number of nitrogens with two attached hydrogens (primary N) is 1. The standard InChI is InChI=1S/C25H30FN7O3/c1-3-33-13-7-10-18(33)15-28-23-30-24(29-17-11-12-20(35-2)19(26)14-17)32-25(31-23)36-22(34)21(27)16-8-5-4-6-9-16/h4-6,8-9,11-12,14,18,21H,3,7,10,13,15,27H2,1-2H3,(H2,28,29,30,31,32). The molecule has 3 aromatic rings. The van der Waals surface area contributed by atoms with E-state index < -0.39 is 17.8 Å². The number of likely N-dealkylation sites (tertiary alicyclic amines) is 1. The smallest absolute Gasteiger partial charge is 0.335 e. The molecule has 1 aliphatic heterocycles. The van der Waals surface area contributed by atoms with E-state index >= 15 is 0 Å². The van der Waals surface area contributed by atoms with Crippen molar-refractivity contribution in [1.29, 1.82) is 0 Å². The maximum Gasteiger partial charge on any atom is 0.335 e. The molecule has 4 rings (SSSR count). The van der Waals surface area contributed by atoms with Crippen molar-refractivity contribution >= 4 is 23.6 Å². The number of ether oxygens (including phenoxy) is 2. The molecule has 1 aliphatic rings. The Morgan fingerprint density at radius 2 is 1.97 bits per heavy atom. The average molecular weight is 496 g/mol. The zero-order chi connectivity index (χ0) is 25.5. The van der Waals surface area contributed by atoms with Gasteiger partial charge in [0.25, 0.3) is 0 Å². The van der Waals surface area contributed by atoms with Crippen LogP contribution >= 0.6 is 0 Å². The van der Waals surface area contributed by atoms with Crippen molar-refractivity contribution < 1.29 is 18.7 Å². The Labute approximate surface area is 209 Å². The predicted octanol–water partition coefficient (Wildman–Crippen LogP) is 3.26. The molecule has 0 amide bonds. The minimum Gasteiger partial charge on any atom is -0.494 e. The molecular weight excluding hydrogens is 465 g/mol.